The first-order valence-corrected chi connectivity index (χ1v) is 9.99. The van der Waals surface area contributed by atoms with Crippen molar-refractivity contribution in [3.05, 3.63) is 65.2 Å². The zero-order valence-electron chi connectivity index (χ0n) is 16.4. The van der Waals surface area contributed by atoms with Crippen LogP contribution in [0.25, 0.3) is 0 Å². The summed E-state index contributed by atoms with van der Waals surface area (Å²) >= 11 is 0. The van der Waals surface area contributed by atoms with Crippen LogP contribution >= 0.6 is 0 Å². The Morgan fingerprint density at radius 3 is 2.43 bits per heavy atom. The quantitative estimate of drug-likeness (QED) is 0.476. The molecule has 5 heteroatoms. The fraction of sp³-hybridized carbons (Fsp3) is 0.435. The predicted octanol–water partition coefficient (Wildman–Crippen LogP) is 5.82. The van der Waals surface area contributed by atoms with E-state index in [2.05, 4.69) is 12.2 Å². The third-order valence-corrected chi connectivity index (χ3v) is 4.94. The van der Waals surface area contributed by atoms with Crippen molar-refractivity contribution < 1.29 is 18.7 Å². The van der Waals surface area contributed by atoms with Crippen LogP contribution in [-0.2, 0) is 11.3 Å². The standard InChI is InChI=1S/C23H29F2NO2/c1-2-3-4-5-6-7-18(17-9-12-21(27)13-10-17)14-23(28)26-16-19-8-11-20(24)15-22(19)25/h8-13,15,18,27H,2-7,14,16H2,1H3,(H,26,28). The zero-order chi connectivity index (χ0) is 20.4. The van der Waals surface area contributed by atoms with Gasteiger partial charge in [0, 0.05) is 24.6 Å². The highest BCUT2D eigenvalue weighted by molar-refractivity contribution is 5.76. The van der Waals surface area contributed by atoms with E-state index in [1.54, 1.807) is 12.1 Å². The molecule has 152 valence electrons. The number of benzene rings is 2. The summed E-state index contributed by atoms with van der Waals surface area (Å²) < 4.78 is 26.7. The first-order valence-electron chi connectivity index (χ1n) is 9.99. The molecule has 2 aromatic rings. The molecule has 1 amide bonds. The van der Waals surface area contributed by atoms with Crippen molar-refractivity contribution in [2.24, 2.45) is 0 Å². The highest BCUT2D eigenvalue weighted by Crippen LogP contribution is 2.27. The summed E-state index contributed by atoms with van der Waals surface area (Å²) in [7, 11) is 0. The van der Waals surface area contributed by atoms with Crippen LogP contribution in [0.2, 0.25) is 0 Å². The molecule has 0 saturated heterocycles. The number of amides is 1. The van der Waals surface area contributed by atoms with Crippen LogP contribution in [0.5, 0.6) is 5.75 Å². The van der Waals surface area contributed by atoms with E-state index in [1.165, 1.54) is 31.4 Å². The molecule has 3 nitrogen and oxygen atoms in total. The minimum absolute atomic E-state index is 0.0315. The second-order valence-corrected chi connectivity index (χ2v) is 7.21. The fourth-order valence-corrected chi connectivity index (χ4v) is 3.28. The summed E-state index contributed by atoms with van der Waals surface area (Å²) in [5.41, 5.74) is 1.27. The zero-order valence-corrected chi connectivity index (χ0v) is 16.4. The number of phenols is 1. The second-order valence-electron chi connectivity index (χ2n) is 7.21. The van der Waals surface area contributed by atoms with Crippen LogP contribution in [0.4, 0.5) is 8.78 Å². The Bertz CT molecular complexity index is 747. The molecule has 0 saturated carbocycles. The van der Waals surface area contributed by atoms with Crippen LogP contribution in [-0.4, -0.2) is 11.0 Å². The molecule has 1 atom stereocenters. The van der Waals surface area contributed by atoms with Gasteiger partial charge in [0.15, 0.2) is 0 Å². The van der Waals surface area contributed by atoms with Gasteiger partial charge in [0.1, 0.15) is 17.4 Å². The molecule has 0 heterocycles. The maximum absolute atomic E-state index is 13.7. The van der Waals surface area contributed by atoms with Crippen LogP contribution in [0.3, 0.4) is 0 Å². The van der Waals surface area contributed by atoms with Gasteiger partial charge in [0.05, 0.1) is 0 Å². The van der Waals surface area contributed by atoms with E-state index in [0.717, 1.165) is 30.9 Å². The Morgan fingerprint density at radius 1 is 1.04 bits per heavy atom. The van der Waals surface area contributed by atoms with Crippen molar-refractivity contribution in [3.63, 3.8) is 0 Å². The van der Waals surface area contributed by atoms with E-state index >= 15 is 0 Å². The molecule has 0 aliphatic carbocycles. The number of hydrogen-bond acceptors (Lipinski definition) is 2. The smallest absolute Gasteiger partial charge is 0.220 e. The molecule has 0 radical (unpaired) electrons. The van der Waals surface area contributed by atoms with Gasteiger partial charge in [0.2, 0.25) is 5.91 Å². The average Bonchev–Trinajstić information content (AvgIpc) is 2.67. The van der Waals surface area contributed by atoms with Gasteiger partial charge in [0.25, 0.3) is 0 Å². The van der Waals surface area contributed by atoms with Gasteiger partial charge >= 0.3 is 0 Å². The molecule has 0 spiro atoms. The van der Waals surface area contributed by atoms with Gasteiger partial charge in [-0.2, -0.15) is 0 Å². The second kappa shape index (κ2) is 11.4. The Kier molecular flexibility index (Phi) is 8.92. The lowest BCUT2D eigenvalue weighted by Gasteiger charge is -2.17. The number of aromatic hydroxyl groups is 1. The lowest BCUT2D eigenvalue weighted by Crippen LogP contribution is -2.25. The molecule has 0 fully saturated rings. The van der Waals surface area contributed by atoms with Crippen molar-refractivity contribution in [1.29, 1.82) is 0 Å². The summed E-state index contributed by atoms with van der Waals surface area (Å²) in [5, 5.41) is 12.2. The van der Waals surface area contributed by atoms with E-state index in [1.807, 2.05) is 12.1 Å². The Hall–Kier alpha value is -2.43. The topological polar surface area (TPSA) is 49.3 Å². The van der Waals surface area contributed by atoms with Crippen LogP contribution in [0.1, 0.15) is 68.9 Å². The number of unbranched alkanes of at least 4 members (excludes halogenated alkanes) is 4. The number of carbonyl (C=O) groups excluding carboxylic acids is 1. The van der Waals surface area contributed by atoms with E-state index < -0.39 is 11.6 Å². The summed E-state index contributed by atoms with van der Waals surface area (Å²) in [4.78, 5) is 12.4. The van der Waals surface area contributed by atoms with E-state index in [9.17, 15) is 18.7 Å². The monoisotopic (exact) mass is 389 g/mol. The SMILES string of the molecule is CCCCCCCC(CC(=O)NCc1ccc(F)cc1F)c1ccc(O)cc1. The number of phenolic OH excluding ortho intramolecular Hbond substituents is 1. The summed E-state index contributed by atoms with van der Waals surface area (Å²) in [6.45, 7) is 2.21. The minimum Gasteiger partial charge on any atom is -0.508 e. The van der Waals surface area contributed by atoms with E-state index in [0.29, 0.717) is 6.42 Å². The molecule has 1 unspecified atom stereocenters. The number of halogens is 2. The van der Waals surface area contributed by atoms with Crippen molar-refractivity contribution in [2.75, 3.05) is 0 Å². The van der Waals surface area contributed by atoms with E-state index in [-0.39, 0.29) is 29.7 Å². The van der Waals surface area contributed by atoms with E-state index in [4.69, 9.17) is 0 Å². The molecule has 2 N–H and O–H groups in total. The number of rotatable bonds is 11. The first-order chi connectivity index (χ1) is 13.5. The molecular weight excluding hydrogens is 360 g/mol. The Labute approximate surface area is 165 Å². The molecule has 2 rings (SSSR count). The van der Waals surface area contributed by atoms with Gasteiger partial charge in [-0.15, -0.1) is 0 Å². The molecule has 2 aromatic carbocycles. The van der Waals surface area contributed by atoms with Gasteiger partial charge in [-0.1, -0.05) is 57.2 Å². The van der Waals surface area contributed by atoms with Crippen LogP contribution < -0.4 is 5.32 Å². The lowest BCUT2D eigenvalue weighted by atomic mass is 9.89. The molecule has 0 bridgehead atoms. The normalized spacial score (nSPS) is 12.0. The average molecular weight is 389 g/mol. The largest absolute Gasteiger partial charge is 0.508 e. The van der Waals surface area contributed by atoms with Crippen LogP contribution in [0.15, 0.2) is 42.5 Å². The van der Waals surface area contributed by atoms with Crippen molar-refractivity contribution in [1.82, 2.24) is 5.32 Å². The van der Waals surface area contributed by atoms with Gasteiger partial charge in [-0.3, -0.25) is 4.79 Å². The summed E-state index contributed by atoms with van der Waals surface area (Å²) in [6, 6.07) is 10.3. The lowest BCUT2D eigenvalue weighted by molar-refractivity contribution is -0.121. The highest BCUT2D eigenvalue weighted by Gasteiger charge is 2.16. The minimum atomic E-state index is -0.661. The number of nitrogens with one attached hydrogen (secondary N) is 1. The maximum Gasteiger partial charge on any atom is 0.220 e. The predicted molar refractivity (Wildman–Crippen MR) is 107 cm³/mol. The first kappa shape index (κ1) is 21.9. The Balaban J connectivity index is 1.93. The van der Waals surface area contributed by atoms with Crippen molar-refractivity contribution in [3.8, 4) is 5.75 Å². The molecular formula is C23H29F2NO2. The van der Waals surface area contributed by atoms with Crippen LogP contribution in [0, 0.1) is 11.6 Å². The summed E-state index contributed by atoms with van der Waals surface area (Å²) in [5.74, 6) is -1.23. The number of carbonyl (C=O) groups is 1. The fourth-order valence-electron chi connectivity index (χ4n) is 3.28. The third-order valence-electron chi connectivity index (χ3n) is 4.94. The van der Waals surface area contributed by atoms with Crippen molar-refractivity contribution in [2.45, 2.75) is 64.3 Å². The van der Waals surface area contributed by atoms with Gasteiger partial charge in [-0.25, -0.2) is 8.78 Å². The molecule has 28 heavy (non-hydrogen) atoms. The third kappa shape index (κ3) is 7.29. The van der Waals surface area contributed by atoms with Gasteiger partial charge < -0.3 is 10.4 Å². The molecule has 0 aliphatic heterocycles. The van der Waals surface area contributed by atoms with Gasteiger partial charge in [-0.05, 0) is 36.1 Å². The summed E-state index contributed by atoms with van der Waals surface area (Å²) in [6.07, 6.45) is 6.93. The highest BCUT2D eigenvalue weighted by atomic mass is 19.1. The number of hydrogen-bond donors (Lipinski definition) is 2. The molecule has 0 aromatic heterocycles. The Morgan fingerprint density at radius 2 is 1.75 bits per heavy atom. The van der Waals surface area contributed by atoms with Crippen molar-refractivity contribution >= 4 is 5.91 Å². The maximum atomic E-state index is 13.7. The molecule has 0 aliphatic rings.